The van der Waals surface area contributed by atoms with Crippen LogP contribution in [0.2, 0.25) is 0 Å². The maximum absolute atomic E-state index is 9.75. The Labute approximate surface area is 153 Å². The summed E-state index contributed by atoms with van der Waals surface area (Å²) < 4.78 is 40.4. The molecular weight excluding hydrogens is 331 g/mol. The summed E-state index contributed by atoms with van der Waals surface area (Å²) >= 11 is 0. The highest BCUT2D eigenvalue weighted by atomic mass is 19.5. The van der Waals surface area contributed by atoms with Crippen LogP contribution in [0.5, 0.6) is 0 Å². The van der Waals surface area contributed by atoms with Gasteiger partial charge in [0, 0.05) is 6.92 Å². The van der Waals surface area contributed by atoms with Gasteiger partial charge in [0.05, 0.1) is 32.2 Å². The van der Waals surface area contributed by atoms with Gasteiger partial charge in [0.2, 0.25) is 0 Å². The van der Waals surface area contributed by atoms with E-state index in [0.717, 1.165) is 0 Å². The zero-order valence-electron chi connectivity index (χ0n) is 17.0. The van der Waals surface area contributed by atoms with Gasteiger partial charge in [-0.2, -0.15) is 5.26 Å². The van der Waals surface area contributed by atoms with Gasteiger partial charge in [-0.3, -0.25) is 0 Å². The first kappa shape index (κ1) is 29.0. The summed E-state index contributed by atoms with van der Waals surface area (Å²) in [5, 5.41) is 7.32. The van der Waals surface area contributed by atoms with Crippen LogP contribution in [0.3, 0.4) is 0 Å². The Balaban J connectivity index is -0.000000504. The van der Waals surface area contributed by atoms with Crippen molar-refractivity contribution < 1.29 is 21.7 Å². The first-order valence-electron chi connectivity index (χ1n) is 9.69. The van der Waals surface area contributed by atoms with E-state index in [-0.39, 0.29) is 0 Å². The van der Waals surface area contributed by atoms with Crippen molar-refractivity contribution in [1.29, 1.82) is 5.26 Å². The summed E-state index contributed by atoms with van der Waals surface area (Å²) in [5.41, 5.74) is 0. The van der Waals surface area contributed by atoms with Gasteiger partial charge in [0.1, 0.15) is 0 Å². The molecule has 0 saturated carbocycles. The molecule has 25 heavy (non-hydrogen) atoms. The second-order valence-corrected chi connectivity index (χ2v) is 6.37. The highest BCUT2D eigenvalue weighted by Gasteiger charge is 2.24. The van der Waals surface area contributed by atoms with E-state index >= 15 is 0 Å². The number of nitrogens with zero attached hydrogens (tertiary/aromatic N) is 2. The van der Waals surface area contributed by atoms with E-state index in [1.54, 1.807) is 6.07 Å². The molecule has 0 saturated heterocycles. The van der Waals surface area contributed by atoms with E-state index in [9.17, 15) is 17.3 Å². The molecule has 0 aliphatic rings. The van der Waals surface area contributed by atoms with E-state index in [4.69, 9.17) is 5.26 Å². The first-order chi connectivity index (χ1) is 11.7. The summed E-state index contributed by atoms with van der Waals surface area (Å²) in [4.78, 5) is 0. The third kappa shape index (κ3) is 28.3. The molecule has 2 nitrogen and oxygen atoms in total. The van der Waals surface area contributed by atoms with Crippen molar-refractivity contribution in [2.24, 2.45) is 0 Å². The smallest absolute Gasteiger partial charge is 0.418 e. The normalized spacial score (nSPS) is 10.9. The Morgan fingerprint density at radius 3 is 0.960 bits per heavy atom. The minimum Gasteiger partial charge on any atom is -0.418 e. The number of hydrogen-bond donors (Lipinski definition) is 0. The molecule has 0 radical (unpaired) electrons. The lowest BCUT2D eigenvalue weighted by Crippen LogP contribution is -2.50. The molecule has 152 valence electrons. The van der Waals surface area contributed by atoms with E-state index in [2.05, 4.69) is 27.7 Å². The summed E-state index contributed by atoms with van der Waals surface area (Å²) in [5.74, 6) is 0. The number of quaternary nitrogens is 1. The van der Waals surface area contributed by atoms with Gasteiger partial charge in [-0.15, -0.1) is 0 Å². The van der Waals surface area contributed by atoms with Crippen LogP contribution in [0, 0.1) is 11.3 Å². The van der Waals surface area contributed by atoms with E-state index in [0.29, 0.717) is 0 Å². The Bertz CT molecular complexity index is 261. The summed E-state index contributed by atoms with van der Waals surface area (Å²) in [6.07, 6.45) is 11.1. The summed E-state index contributed by atoms with van der Waals surface area (Å²) in [6, 6.07) is 1.75. The number of nitriles is 1. The van der Waals surface area contributed by atoms with Crippen LogP contribution in [0.25, 0.3) is 0 Å². The maximum Gasteiger partial charge on any atom is 0.673 e. The molecule has 0 aliphatic heterocycles. The molecule has 0 aromatic heterocycles. The maximum atomic E-state index is 9.75. The minimum absolute atomic E-state index is 1.35. The van der Waals surface area contributed by atoms with Crippen molar-refractivity contribution >= 4 is 7.25 Å². The van der Waals surface area contributed by atoms with Gasteiger partial charge in [-0.1, -0.05) is 53.4 Å². The van der Waals surface area contributed by atoms with Crippen LogP contribution < -0.4 is 0 Å². The number of unbranched alkanes of at least 4 members (excludes halogenated alkanes) is 4. The second-order valence-electron chi connectivity index (χ2n) is 6.37. The molecular formula is C18H39BF4N2. The fraction of sp³-hybridized carbons (Fsp3) is 0.944. The van der Waals surface area contributed by atoms with Crippen molar-refractivity contribution in [3.8, 4) is 6.07 Å². The van der Waals surface area contributed by atoms with Gasteiger partial charge >= 0.3 is 7.25 Å². The molecule has 0 amide bonds. The second kappa shape index (κ2) is 19.6. The highest BCUT2D eigenvalue weighted by molar-refractivity contribution is 6.50. The molecule has 0 atom stereocenters. The van der Waals surface area contributed by atoms with Gasteiger partial charge in [0.15, 0.2) is 0 Å². The minimum atomic E-state index is -6.00. The first-order valence-corrected chi connectivity index (χ1v) is 9.69. The Morgan fingerprint density at radius 2 is 0.840 bits per heavy atom. The van der Waals surface area contributed by atoms with Crippen molar-refractivity contribution in [1.82, 2.24) is 0 Å². The zero-order valence-corrected chi connectivity index (χ0v) is 17.0. The topological polar surface area (TPSA) is 23.8 Å². The van der Waals surface area contributed by atoms with Gasteiger partial charge < -0.3 is 21.7 Å². The molecule has 0 aromatic rings. The molecule has 0 aromatic carbocycles. The van der Waals surface area contributed by atoms with E-state index in [1.807, 2.05) is 0 Å². The lowest BCUT2D eigenvalue weighted by molar-refractivity contribution is -0.929. The van der Waals surface area contributed by atoms with Gasteiger partial charge in [-0.25, -0.2) is 0 Å². The molecule has 7 heteroatoms. The fourth-order valence-corrected chi connectivity index (χ4v) is 2.64. The van der Waals surface area contributed by atoms with Crippen LogP contribution in [-0.2, 0) is 0 Å². The lowest BCUT2D eigenvalue weighted by atomic mass is 10.1. The average molecular weight is 370 g/mol. The van der Waals surface area contributed by atoms with Gasteiger partial charge in [0.25, 0.3) is 0 Å². The highest BCUT2D eigenvalue weighted by Crippen LogP contribution is 2.16. The Morgan fingerprint density at radius 1 is 0.680 bits per heavy atom. The Hall–Kier alpha value is -0.765. The SMILES string of the molecule is CC#N.CCCC[N+](CCCC)(CCCC)CCCC.F[B-](F)(F)F. The molecule has 0 aliphatic carbocycles. The van der Waals surface area contributed by atoms with Crippen LogP contribution in [0.15, 0.2) is 0 Å². The van der Waals surface area contributed by atoms with Crippen molar-refractivity contribution in [3.05, 3.63) is 0 Å². The largest absolute Gasteiger partial charge is 0.673 e. The predicted molar refractivity (Wildman–Crippen MR) is 101 cm³/mol. The molecule has 0 N–H and O–H groups in total. The molecule has 0 spiro atoms. The summed E-state index contributed by atoms with van der Waals surface area (Å²) in [6.45, 7) is 16.4. The number of rotatable bonds is 12. The molecule has 0 unspecified atom stereocenters. The van der Waals surface area contributed by atoms with Crippen LogP contribution in [-0.4, -0.2) is 37.9 Å². The van der Waals surface area contributed by atoms with Crippen LogP contribution in [0.4, 0.5) is 17.3 Å². The van der Waals surface area contributed by atoms with E-state index in [1.165, 1.54) is 89.0 Å². The Kier molecular flexibility index (Phi) is 22.7. The monoisotopic (exact) mass is 370 g/mol. The third-order valence-corrected chi connectivity index (χ3v) is 3.94. The van der Waals surface area contributed by atoms with Crippen LogP contribution in [0.1, 0.15) is 86.0 Å². The molecule has 0 heterocycles. The van der Waals surface area contributed by atoms with E-state index < -0.39 is 7.25 Å². The zero-order chi connectivity index (χ0) is 20.2. The standard InChI is InChI=1S/C16H36N.C2H3N.BF4/c1-5-9-13-17(14-10-6-2,15-11-7-3)16-12-8-4;1-2-3;2-1(3,4)5/h5-16H2,1-4H3;1H3;/q+1;;-1. The van der Waals surface area contributed by atoms with Gasteiger partial charge in [-0.05, 0) is 25.7 Å². The molecule has 0 fully saturated rings. The van der Waals surface area contributed by atoms with Crippen molar-refractivity contribution in [2.75, 3.05) is 26.2 Å². The number of halogens is 4. The quantitative estimate of drug-likeness (QED) is 0.210. The third-order valence-electron chi connectivity index (χ3n) is 3.94. The lowest BCUT2D eigenvalue weighted by Gasteiger charge is -2.39. The molecule has 0 bridgehead atoms. The van der Waals surface area contributed by atoms with Crippen molar-refractivity contribution in [2.45, 2.75) is 86.0 Å². The fourth-order valence-electron chi connectivity index (χ4n) is 2.64. The molecule has 0 rings (SSSR count). The van der Waals surface area contributed by atoms with Crippen molar-refractivity contribution in [3.63, 3.8) is 0 Å². The van der Waals surface area contributed by atoms with Crippen LogP contribution >= 0.6 is 0 Å². The average Bonchev–Trinajstić information content (AvgIpc) is 2.53. The number of hydrogen-bond acceptors (Lipinski definition) is 1. The predicted octanol–water partition coefficient (Wildman–Crippen LogP) is 6.83. The summed E-state index contributed by atoms with van der Waals surface area (Å²) in [7, 11) is -6.00.